The van der Waals surface area contributed by atoms with E-state index < -0.39 is 43.9 Å². The van der Waals surface area contributed by atoms with Crippen LogP contribution in [0.5, 0.6) is 0 Å². The molecule has 1 spiro atoms. The molecule has 0 bridgehead atoms. The van der Waals surface area contributed by atoms with Gasteiger partial charge in [0.25, 0.3) is 0 Å². The second kappa shape index (κ2) is 11.5. The zero-order valence-corrected chi connectivity index (χ0v) is 18.5. The Morgan fingerprint density at radius 2 is 0.630 bits per heavy atom. The van der Waals surface area contributed by atoms with Crippen LogP contribution in [-0.2, 0) is 31.5 Å². The average Bonchev–Trinajstić information content (AvgIpc) is 2.57. The molecule has 2 rings (SSSR count). The summed E-state index contributed by atoms with van der Waals surface area (Å²) in [5.74, 6) is -2.64. The van der Waals surface area contributed by atoms with Gasteiger partial charge in [0.15, 0.2) is 0 Å². The van der Waals surface area contributed by atoms with E-state index in [0.29, 0.717) is 25.7 Å². The first-order valence-electron chi connectivity index (χ1n) is 9.86. The van der Waals surface area contributed by atoms with E-state index >= 15 is 0 Å². The number of hydrogen-bond donors (Lipinski definition) is 0. The molecule has 0 N–H and O–H groups in total. The molecule has 0 radical (unpaired) electrons. The zero-order valence-electron chi connectivity index (χ0n) is 15.7. The third kappa shape index (κ3) is 8.48. The maximum atomic E-state index is 12.2. The SMILES string of the molecule is O=C1CCCCCCCC(=O)[O][Sn]2([O]1)[O]C(=O)CCCCCCCC(=O)[O]2. The van der Waals surface area contributed by atoms with Crippen LogP contribution in [-0.4, -0.2) is 43.9 Å². The quantitative estimate of drug-likeness (QED) is 0.477. The van der Waals surface area contributed by atoms with Gasteiger partial charge in [0.1, 0.15) is 0 Å². The molecular weight excluding hydrogens is 463 g/mol. The van der Waals surface area contributed by atoms with Crippen molar-refractivity contribution in [2.45, 2.75) is 89.9 Å². The third-order valence-corrected chi connectivity index (χ3v) is 9.93. The van der Waals surface area contributed by atoms with E-state index in [9.17, 15) is 19.2 Å². The van der Waals surface area contributed by atoms with E-state index in [0.717, 1.165) is 38.5 Å². The fraction of sp³-hybridized carbons (Fsp3) is 0.778. The van der Waals surface area contributed by atoms with E-state index in [1.165, 1.54) is 0 Å². The molecule has 2 saturated heterocycles. The minimum atomic E-state index is -5.50. The van der Waals surface area contributed by atoms with Gasteiger partial charge in [-0.1, -0.05) is 0 Å². The van der Waals surface area contributed by atoms with E-state index in [-0.39, 0.29) is 25.7 Å². The Kier molecular flexibility index (Phi) is 9.36. The van der Waals surface area contributed by atoms with Crippen LogP contribution in [0.3, 0.4) is 0 Å². The molecule has 0 saturated carbocycles. The third-order valence-electron chi connectivity index (χ3n) is 4.48. The van der Waals surface area contributed by atoms with Gasteiger partial charge in [0.05, 0.1) is 0 Å². The zero-order chi connectivity index (χ0) is 19.5. The van der Waals surface area contributed by atoms with E-state index in [2.05, 4.69) is 0 Å². The Balaban J connectivity index is 2.23. The summed E-state index contributed by atoms with van der Waals surface area (Å²) in [4.78, 5) is 48.9. The Morgan fingerprint density at radius 1 is 0.407 bits per heavy atom. The van der Waals surface area contributed by atoms with Crippen molar-refractivity contribution in [1.29, 1.82) is 0 Å². The van der Waals surface area contributed by atoms with Gasteiger partial charge in [0, 0.05) is 0 Å². The van der Waals surface area contributed by atoms with Gasteiger partial charge in [-0.05, 0) is 0 Å². The van der Waals surface area contributed by atoms with Crippen LogP contribution >= 0.6 is 0 Å². The monoisotopic (exact) mass is 492 g/mol. The fourth-order valence-electron chi connectivity index (χ4n) is 3.02. The van der Waals surface area contributed by atoms with Gasteiger partial charge in [0.2, 0.25) is 0 Å². The molecule has 152 valence electrons. The Bertz CT molecular complexity index is 452. The number of carbonyl (C=O) groups is 4. The molecule has 27 heavy (non-hydrogen) atoms. The summed E-state index contributed by atoms with van der Waals surface area (Å²) in [7, 11) is 0. The second-order valence-corrected chi connectivity index (χ2v) is 12.1. The van der Waals surface area contributed by atoms with Crippen molar-refractivity contribution < 1.29 is 31.5 Å². The van der Waals surface area contributed by atoms with E-state index in [4.69, 9.17) is 12.3 Å². The van der Waals surface area contributed by atoms with E-state index in [1.807, 2.05) is 0 Å². The average molecular weight is 491 g/mol. The second-order valence-electron chi connectivity index (χ2n) is 6.93. The molecule has 2 aliphatic rings. The maximum absolute atomic E-state index is 12.2. The number of hydrogen-bond acceptors (Lipinski definition) is 8. The summed E-state index contributed by atoms with van der Waals surface area (Å²) in [5, 5.41) is 0. The minimum absolute atomic E-state index is 0.103. The van der Waals surface area contributed by atoms with E-state index in [1.54, 1.807) is 0 Å². The summed E-state index contributed by atoms with van der Waals surface area (Å²) < 4.78 is 21.2. The molecule has 0 aromatic heterocycles. The van der Waals surface area contributed by atoms with Crippen molar-refractivity contribution in [1.82, 2.24) is 0 Å². The molecule has 0 aromatic carbocycles. The Labute approximate surface area is 165 Å². The molecule has 8 nitrogen and oxygen atoms in total. The normalized spacial score (nSPS) is 24.0. The van der Waals surface area contributed by atoms with Crippen LogP contribution in [0.1, 0.15) is 89.9 Å². The van der Waals surface area contributed by atoms with Gasteiger partial charge in [-0.2, -0.15) is 0 Å². The summed E-state index contributed by atoms with van der Waals surface area (Å²) in [6.07, 6.45) is 8.09. The molecule has 9 heteroatoms. The van der Waals surface area contributed by atoms with Crippen molar-refractivity contribution in [2.75, 3.05) is 0 Å². The van der Waals surface area contributed by atoms with Crippen molar-refractivity contribution in [3.8, 4) is 0 Å². The van der Waals surface area contributed by atoms with Crippen molar-refractivity contribution in [2.24, 2.45) is 0 Å². The Morgan fingerprint density at radius 3 is 0.889 bits per heavy atom. The molecular formula is C18H28O8Sn. The molecule has 2 aliphatic heterocycles. The van der Waals surface area contributed by atoms with Crippen molar-refractivity contribution >= 4 is 43.9 Å². The predicted molar refractivity (Wildman–Crippen MR) is 94.8 cm³/mol. The van der Waals surface area contributed by atoms with Crippen LogP contribution in [0.4, 0.5) is 0 Å². The molecule has 0 aliphatic carbocycles. The standard InChI is InChI=1S/2C9H16O4.Sn/c2*10-8(11)6-4-2-1-3-5-7-9(12)13;/h2*1-7H2,(H,10,11)(H,12,13);/q;;+4/p-4. The number of carbonyl (C=O) groups excluding carboxylic acids is 4. The van der Waals surface area contributed by atoms with Crippen LogP contribution in [0, 0.1) is 0 Å². The molecule has 2 heterocycles. The van der Waals surface area contributed by atoms with Gasteiger partial charge in [-0.25, -0.2) is 0 Å². The van der Waals surface area contributed by atoms with Gasteiger partial charge >= 0.3 is 165 Å². The first-order chi connectivity index (χ1) is 13.0. The van der Waals surface area contributed by atoms with Gasteiger partial charge in [-0.15, -0.1) is 0 Å². The fourth-order valence-corrected chi connectivity index (χ4v) is 8.09. The van der Waals surface area contributed by atoms with Crippen LogP contribution in [0.25, 0.3) is 0 Å². The van der Waals surface area contributed by atoms with Crippen LogP contribution in [0.2, 0.25) is 0 Å². The molecule has 0 amide bonds. The molecule has 0 atom stereocenters. The van der Waals surface area contributed by atoms with Gasteiger partial charge in [-0.3, -0.25) is 0 Å². The number of rotatable bonds is 0. The summed E-state index contributed by atoms with van der Waals surface area (Å²) in [6, 6.07) is 0. The summed E-state index contributed by atoms with van der Waals surface area (Å²) in [5.41, 5.74) is 0. The topological polar surface area (TPSA) is 105 Å². The van der Waals surface area contributed by atoms with Crippen molar-refractivity contribution in [3.63, 3.8) is 0 Å². The molecule has 0 aromatic rings. The first kappa shape index (κ1) is 22.0. The molecule has 0 unspecified atom stereocenters. The van der Waals surface area contributed by atoms with Crippen LogP contribution < -0.4 is 0 Å². The first-order valence-corrected chi connectivity index (χ1v) is 14.5. The summed E-state index contributed by atoms with van der Waals surface area (Å²) in [6.45, 7) is 0. The van der Waals surface area contributed by atoms with Gasteiger partial charge < -0.3 is 0 Å². The van der Waals surface area contributed by atoms with Crippen LogP contribution in [0.15, 0.2) is 0 Å². The predicted octanol–water partition coefficient (Wildman–Crippen LogP) is 3.08. The Hall–Kier alpha value is -1.32. The molecule has 2 fully saturated rings. The van der Waals surface area contributed by atoms with Crippen molar-refractivity contribution in [3.05, 3.63) is 0 Å². The summed E-state index contributed by atoms with van der Waals surface area (Å²) >= 11 is -5.50.